The Labute approximate surface area is 263 Å². The van der Waals surface area contributed by atoms with Crippen LogP contribution in [0.2, 0.25) is 0 Å². The summed E-state index contributed by atoms with van der Waals surface area (Å²) in [5.41, 5.74) is 1.37. The summed E-state index contributed by atoms with van der Waals surface area (Å²) in [4.78, 5) is 21.9. The number of carbonyl (C=O) groups excluding carboxylic acids is 1. The number of aliphatic imine (C=N–C) groups is 1. The predicted molar refractivity (Wildman–Crippen MR) is 177 cm³/mol. The first-order chi connectivity index (χ1) is 20.7. The molecular formula is C37H50F3N2OP. The minimum atomic E-state index is -4.46. The lowest BCUT2D eigenvalue weighted by Crippen LogP contribution is -2.54. The molecule has 2 saturated carbocycles. The van der Waals surface area contributed by atoms with Crippen LogP contribution in [0.25, 0.3) is 0 Å². The van der Waals surface area contributed by atoms with E-state index in [9.17, 15) is 18.0 Å². The molecule has 5 rings (SSSR count). The van der Waals surface area contributed by atoms with Crippen LogP contribution in [0.5, 0.6) is 0 Å². The summed E-state index contributed by atoms with van der Waals surface area (Å²) in [6, 6.07) is 13.0. The normalized spacial score (nSPS) is 22.9. The minimum Gasteiger partial charge on any atom is -0.287 e. The van der Waals surface area contributed by atoms with Crippen molar-refractivity contribution in [3.8, 4) is 0 Å². The first-order valence-electron chi connectivity index (χ1n) is 16.6. The molecule has 0 aromatic heterocycles. The van der Waals surface area contributed by atoms with Gasteiger partial charge >= 0.3 is 6.18 Å². The van der Waals surface area contributed by atoms with Crippen molar-refractivity contribution >= 4 is 25.0 Å². The molecule has 1 aliphatic heterocycles. The zero-order valence-corrected chi connectivity index (χ0v) is 28.3. The van der Waals surface area contributed by atoms with Crippen molar-refractivity contribution in [1.29, 1.82) is 0 Å². The van der Waals surface area contributed by atoms with Crippen LogP contribution in [0.1, 0.15) is 127 Å². The lowest BCUT2D eigenvalue weighted by atomic mass is 9.73. The predicted octanol–water partition coefficient (Wildman–Crippen LogP) is 10.2. The van der Waals surface area contributed by atoms with E-state index in [0.29, 0.717) is 17.2 Å². The number of amidine groups is 1. The van der Waals surface area contributed by atoms with Gasteiger partial charge in [-0.25, -0.2) is 0 Å². The second-order valence-corrected chi connectivity index (χ2v) is 18.1. The number of benzene rings is 2. The van der Waals surface area contributed by atoms with Gasteiger partial charge in [0.15, 0.2) is 0 Å². The van der Waals surface area contributed by atoms with Crippen LogP contribution in [-0.2, 0) is 6.18 Å². The third-order valence-electron chi connectivity index (χ3n) is 9.88. The van der Waals surface area contributed by atoms with Crippen LogP contribution in [0, 0.1) is 10.8 Å². The van der Waals surface area contributed by atoms with Crippen molar-refractivity contribution < 1.29 is 18.0 Å². The van der Waals surface area contributed by atoms with E-state index in [1.54, 1.807) is 0 Å². The Hall–Kier alpha value is -2.20. The highest BCUT2D eigenvalue weighted by molar-refractivity contribution is 7.67. The zero-order chi connectivity index (χ0) is 31.9. The van der Waals surface area contributed by atoms with Crippen molar-refractivity contribution in [1.82, 2.24) is 4.90 Å². The molecule has 0 radical (unpaired) electrons. The fraction of sp³-hybridized carbons (Fsp3) is 0.622. The lowest BCUT2D eigenvalue weighted by molar-refractivity contribution is -0.137. The molecule has 240 valence electrons. The molecule has 2 fully saturated rings. The summed E-state index contributed by atoms with van der Waals surface area (Å²) in [7, 11) is -0.468. The van der Waals surface area contributed by atoms with E-state index in [2.05, 4.69) is 65.8 Å². The molecular weight excluding hydrogens is 576 g/mol. The smallest absolute Gasteiger partial charge is 0.287 e. The summed E-state index contributed by atoms with van der Waals surface area (Å²) >= 11 is 0. The second-order valence-electron chi connectivity index (χ2n) is 15.3. The maximum atomic E-state index is 14.6. The van der Waals surface area contributed by atoms with E-state index in [1.165, 1.54) is 81.6 Å². The van der Waals surface area contributed by atoms with Crippen molar-refractivity contribution in [3.63, 3.8) is 0 Å². The Balaban J connectivity index is 1.66. The Bertz CT molecular complexity index is 1310. The van der Waals surface area contributed by atoms with Crippen LogP contribution in [-0.4, -0.2) is 40.0 Å². The Kier molecular flexibility index (Phi) is 9.72. The summed E-state index contributed by atoms with van der Waals surface area (Å²) in [5.74, 6) is 0.420. The van der Waals surface area contributed by atoms with Gasteiger partial charge in [-0.3, -0.25) is 14.7 Å². The van der Waals surface area contributed by atoms with Crippen molar-refractivity contribution in [3.05, 3.63) is 65.2 Å². The first kappa shape index (κ1) is 33.2. The summed E-state index contributed by atoms with van der Waals surface area (Å²) in [5, 5.41) is 1.37. The number of rotatable bonds is 5. The number of amides is 1. The maximum absolute atomic E-state index is 14.6. The lowest BCUT2D eigenvalue weighted by Gasteiger charge is -2.42. The summed E-state index contributed by atoms with van der Waals surface area (Å²) < 4.78 is 40.3. The number of alkyl halides is 3. The van der Waals surface area contributed by atoms with Crippen LogP contribution in [0.15, 0.2) is 53.5 Å². The third kappa shape index (κ3) is 6.96. The second kappa shape index (κ2) is 12.9. The molecule has 2 aliphatic carbocycles. The maximum Gasteiger partial charge on any atom is 0.416 e. The molecule has 3 nitrogen and oxygen atoms in total. The SMILES string of the molecule is CC(C)(C)[C@@H]1[C@@H](C(C)(C)C)N=C(c2ccccc2P(C2CCCCC2)C2CCCCC2)N1C(=O)c1ccc(C(F)(F)F)cc1. The minimum absolute atomic E-state index is 0.167. The molecule has 0 bridgehead atoms. The van der Waals surface area contributed by atoms with E-state index >= 15 is 0 Å². The summed E-state index contributed by atoms with van der Waals surface area (Å²) in [6.07, 6.45) is 8.40. The molecule has 0 unspecified atom stereocenters. The Morgan fingerprint density at radius 1 is 0.750 bits per heavy atom. The van der Waals surface area contributed by atoms with Gasteiger partial charge in [-0.1, -0.05) is 112 Å². The number of nitrogens with zero attached hydrogens (tertiary/aromatic N) is 2. The number of carbonyl (C=O) groups is 1. The van der Waals surface area contributed by atoms with E-state index < -0.39 is 19.7 Å². The van der Waals surface area contributed by atoms with Gasteiger partial charge < -0.3 is 0 Å². The molecule has 2 aromatic rings. The fourth-order valence-electron chi connectivity index (χ4n) is 7.73. The van der Waals surface area contributed by atoms with Gasteiger partial charge in [0.2, 0.25) is 0 Å². The zero-order valence-electron chi connectivity index (χ0n) is 27.4. The summed E-state index contributed by atoms with van der Waals surface area (Å²) in [6.45, 7) is 13.0. The van der Waals surface area contributed by atoms with Gasteiger partial charge in [0.05, 0.1) is 17.6 Å². The highest BCUT2D eigenvalue weighted by Gasteiger charge is 2.51. The molecule has 44 heavy (non-hydrogen) atoms. The van der Waals surface area contributed by atoms with Gasteiger partial charge in [-0.05, 0) is 77.4 Å². The molecule has 7 heteroatoms. The molecule has 1 amide bonds. The van der Waals surface area contributed by atoms with Crippen molar-refractivity contribution in [2.24, 2.45) is 15.8 Å². The van der Waals surface area contributed by atoms with Crippen LogP contribution >= 0.6 is 7.92 Å². The fourth-order valence-corrected chi connectivity index (χ4v) is 11.7. The molecule has 3 aliphatic rings. The topological polar surface area (TPSA) is 32.7 Å². The monoisotopic (exact) mass is 626 g/mol. The van der Waals surface area contributed by atoms with E-state index in [0.717, 1.165) is 17.7 Å². The van der Waals surface area contributed by atoms with Gasteiger partial charge in [0.25, 0.3) is 5.91 Å². The molecule has 1 heterocycles. The molecule has 2 atom stereocenters. The van der Waals surface area contributed by atoms with Crippen molar-refractivity contribution in [2.45, 2.75) is 135 Å². The Morgan fingerprint density at radius 2 is 1.27 bits per heavy atom. The molecule has 0 N–H and O–H groups in total. The molecule has 0 saturated heterocycles. The standard InChI is InChI=1S/C37H50F3N2OP/c1-35(2,3)31-32(36(4,5)6)42(34(43)25-21-23-26(24-22-25)37(38,39)40)33(41-31)29-19-13-14-20-30(29)44(27-15-9-7-10-16-27)28-17-11-8-12-18-28/h13-14,19-24,27-28,31-32H,7-12,15-18H2,1-6H3/t31-,32-/m0/s1. The number of hydrogen-bond donors (Lipinski definition) is 0. The van der Waals surface area contributed by atoms with Crippen LogP contribution < -0.4 is 5.30 Å². The van der Waals surface area contributed by atoms with Crippen LogP contribution in [0.4, 0.5) is 13.2 Å². The average Bonchev–Trinajstić information content (AvgIpc) is 3.40. The van der Waals surface area contributed by atoms with E-state index in [4.69, 9.17) is 4.99 Å². The third-order valence-corrected chi connectivity index (χ3v) is 13.4. The van der Waals surface area contributed by atoms with Gasteiger partial charge in [-0.2, -0.15) is 13.2 Å². The van der Waals surface area contributed by atoms with E-state index in [1.807, 2.05) is 4.90 Å². The number of hydrogen-bond acceptors (Lipinski definition) is 2. The Morgan fingerprint density at radius 3 is 1.75 bits per heavy atom. The van der Waals surface area contributed by atoms with Gasteiger partial charge in [0.1, 0.15) is 5.84 Å². The van der Waals surface area contributed by atoms with Gasteiger partial charge in [0, 0.05) is 11.1 Å². The molecule has 2 aromatic carbocycles. The van der Waals surface area contributed by atoms with Gasteiger partial charge in [-0.15, -0.1) is 0 Å². The first-order valence-corrected chi connectivity index (χ1v) is 18.1. The van der Waals surface area contributed by atoms with Crippen molar-refractivity contribution in [2.75, 3.05) is 0 Å². The number of halogens is 3. The molecule has 0 spiro atoms. The largest absolute Gasteiger partial charge is 0.416 e. The van der Waals surface area contributed by atoms with E-state index in [-0.39, 0.29) is 34.4 Å². The quantitative estimate of drug-likeness (QED) is 0.304. The average molecular weight is 627 g/mol. The highest BCUT2D eigenvalue weighted by atomic mass is 31.1. The highest BCUT2D eigenvalue weighted by Crippen LogP contribution is 2.56. The van der Waals surface area contributed by atoms with Crippen LogP contribution in [0.3, 0.4) is 0 Å².